The number of aryl methyl sites for hydroxylation is 1. The second-order valence-electron chi connectivity index (χ2n) is 6.65. The van der Waals surface area contributed by atoms with Crippen molar-refractivity contribution in [2.75, 3.05) is 19.5 Å². The number of rotatable bonds is 5. The number of hydrogen-bond acceptors (Lipinski definition) is 4. The summed E-state index contributed by atoms with van der Waals surface area (Å²) in [4.78, 5) is 17.4. The molecule has 0 aliphatic heterocycles. The molecule has 2 heterocycles. The maximum absolute atomic E-state index is 12.8. The van der Waals surface area contributed by atoms with Gasteiger partial charge in [0.05, 0.1) is 19.9 Å². The Bertz CT molecular complexity index is 1160. The number of nitrogens with one attached hydrogen (secondary N) is 1. The average Bonchev–Trinajstić information content (AvgIpc) is 3.19. The molecule has 1 N–H and O–H groups in total. The van der Waals surface area contributed by atoms with Crippen LogP contribution in [-0.2, 0) is 0 Å². The lowest BCUT2D eigenvalue weighted by molar-refractivity contribution is 0.102. The maximum atomic E-state index is 12.8. The van der Waals surface area contributed by atoms with Crippen LogP contribution in [0.2, 0.25) is 0 Å². The minimum absolute atomic E-state index is 0.221. The first-order valence-electron chi connectivity index (χ1n) is 9.17. The molecule has 0 radical (unpaired) electrons. The fourth-order valence-corrected chi connectivity index (χ4v) is 3.16. The number of aromatic nitrogens is 2. The molecule has 2 aromatic heterocycles. The molecule has 0 atom stereocenters. The summed E-state index contributed by atoms with van der Waals surface area (Å²) in [5, 5.41) is 2.99. The Balaban J connectivity index is 1.63. The van der Waals surface area contributed by atoms with Crippen LogP contribution in [0.4, 0.5) is 5.69 Å². The van der Waals surface area contributed by atoms with E-state index in [9.17, 15) is 4.79 Å². The van der Waals surface area contributed by atoms with Gasteiger partial charge in [-0.3, -0.25) is 4.79 Å². The van der Waals surface area contributed by atoms with Gasteiger partial charge in [-0.05, 0) is 48.9 Å². The van der Waals surface area contributed by atoms with Crippen molar-refractivity contribution < 1.29 is 14.3 Å². The van der Waals surface area contributed by atoms with Gasteiger partial charge in [-0.15, -0.1) is 0 Å². The van der Waals surface area contributed by atoms with Gasteiger partial charge in [-0.25, -0.2) is 4.98 Å². The first kappa shape index (κ1) is 18.6. The van der Waals surface area contributed by atoms with E-state index < -0.39 is 0 Å². The van der Waals surface area contributed by atoms with E-state index in [4.69, 9.17) is 9.47 Å². The molecular weight excluding hydrogens is 366 g/mol. The molecular formula is C23H21N3O3. The summed E-state index contributed by atoms with van der Waals surface area (Å²) in [6.45, 7) is 1.96. The fraction of sp³-hybridized carbons (Fsp3) is 0.130. The Kier molecular flexibility index (Phi) is 4.91. The largest absolute Gasteiger partial charge is 0.493 e. The van der Waals surface area contributed by atoms with Gasteiger partial charge < -0.3 is 19.2 Å². The summed E-state index contributed by atoms with van der Waals surface area (Å²) in [5.74, 6) is 0.866. The first-order chi connectivity index (χ1) is 14.1. The van der Waals surface area contributed by atoms with Crippen molar-refractivity contribution in [3.8, 4) is 22.8 Å². The standard InChI is InChI=1S/C23H21N3O3/c1-15-7-8-16(19-14-26-11-5-4-6-22(26)24-19)12-18(15)25-23(27)17-9-10-20(28-2)21(13-17)29-3/h4-14H,1-3H3,(H,25,27). The average molecular weight is 387 g/mol. The number of methoxy groups -OCH3 is 2. The van der Waals surface area contributed by atoms with E-state index in [1.807, 2.05) is 60.1 Å². The van der Waals surface area contributed by atoms with Crippen molar-refractivity contribution in [1.82, 2.24) is 9.38 Å². The molecule has 0 aliphatic carbocycles. The molecule has 4 rings (SSSR count). The number of pyridine rings is 1. The van der Waals surface area contributed by atoms with Gasteiger partial charge in [0, 0.05) is 29.2 Å². The second-order valence-corrected chi connectivity index (χ2v) is 6.65. The summed E-state index contributed by atoms with van der Waals surface area (Å²) < 4.78 is 12.5. The second kappa shape index (κ2) is 7.67. The van der Waals surface area contributed by atoms with Gasteiger partial charge in [0.25, 0.3) is 5.91 Å². The minimum atomic E-state index is -0.221. The molecule has 4 aromatic rings. The Labute approximate surface area is 168 Å². The van der Waals surface area contributed by atoms with E-state index in [-0.39, 0.29) is 5.91 Å². The van der Waals surface area contributed by atoms with Crippen molar-refractivity contribution in [2.24, 2.45) is 0 Å². The molecule has 0 unspecified atom stereocenters. The van der Waals surface area contributed by atoms with Crippen LogP contribution in [0.1, 0.15) is 15.9 Å². The maximum Gasteiger partial charge on any atom is 0.255 e. The molecule has 0 fully saturated rings. The number of ether oxygens (including phenoxy) is 2. The molecule has 2 aromatic carbocycles. The van der Waals surface area contributed by atoms with Crippen molar-refractivity contribution in [3.63, 3.8) is 0 Å². The zero-order valence-electron chi connectivity index (χ0n) is 16.5. The fourth-order valence-electron chi connectivity index (χ4n) is 3.16. The van der Waals surface area contributed by atoms with Gasteiger partial charge in [0.1, 0.15) is 5.65 Å². The summed E-state index contributed by atoms with van der Waals surface area (Å²) in [6.07, 6.45) is 3.93. The normalized spacial score (nSPS) is 10.7. The third-order valence-corrected chi connectivity index (χ3v) is 4.79. The Hall–Kier alpha value is -3.80. The third-order valence-electron chi connectivity index (χ3n) is 4.79. The number of fused-ring (bicyclic) bond motifs is 1. The summed E-state index contributed by atoms with van der Waals surface area (Å²) in [5.41, 5.74) is 4.84. The van der Waals surface area contributed by atoms with Crippen molar-refractivity contribution in [2.45, 2.75) is 6.92 Å². The Morgan fingerprint density at radius 2 is 1.83 bits per heavy atom. The lowest BCUT2D eigenvalue weighted by Gasteiger charge is -2.12. The Morgan fingerprint density at radius 1 is 1.00 bits per heavy atom. The van der Waals surface area contributed by atoms with Crippen molar-refractivity contribution in [3.05, 3.63) is 78.1 Å². The number of benzene rings is 2. The van der Waals surface area contributed by atoms with Gasteiger partial charge in [0.2, 0.25) is 0 Å². The lowest BCUT2D eigenvalue weighted by atomic mass is 10.1. The molecule has 0 spiro atoms. The first-order valence-corrected chi connectivity index (χ1v) is 9.17. The van der Waals surface area contributed by atoms with Crippen LogP contribution < -0.4 is 14.8 Å². The molecule has 0 saturated carbocycles. The van der Waals surface area contributed by atoms with Crippen LogP contribution in [0, 0.1) is 6.92 Å². The van der Waals surface area contributed by atoms with E-state index in [0.717, 1.165) is 28.2 Å². The molecule has 0 aliphatic rings. The molecule has 0 saturated heterocycles. The van der Waals surface area contributed by atoms with Crippen molar-refractivity contribution in [1.29, 1.82) is 0 Å². The summed E-state index contributed by atoms with van der Waals surface area (Å²) >= 11 is 0. The number of anilines is 1. The van der Waals surface area contributed by atoms with Crippen LogP contribution in [0.15, 0.2) is 67.0 Å². The molecule has 146 valence electrons. The van der Waals surface area contributed by atoms with Crippen LogP contribution >= 0.6 is 0 Å². The van der Waals surface area contributed by atoms with Crippen LogP contribution in [0.5, 0.6) is 11.5 Å². The number of imidazole rings is 1. The lowest BCUT2D eigenvalue weighted by Crippen LogP contribution is -2.13. The smallest absolute Gasteiger partial charge is 0.255 e. The van der Waals surface area contributed by atoms with Gasteiger partial charge in [-0.1, -0.05) is 18.2 Å². The zero-order valence-corrected chi connectivity index (χ0v) is 16.5. The highest BCUT2D eigenvalue weighted by molar-refractivity contribution is 6.05. The highest BCUT2D eigenvalue weighted by Crippen LogP contribution is 2.29. The predicted molar refractivity (Wildman–Crippen MR) is 113 cm³/mol. The number of carbonyl (C=O) groups excluding carboxylic acids is 1. The number of hydrogen-bond donors (Lipinski definition) is 1. The highest BCUT2D eigenvalue weighted by atomic mass is 16.5. The molecule has 6 heteroatoms. The molecule has 6 nitrogen and oxygen atoms in total. The van der Waals surface area contributed by atoms with Gasteiger partial charge >= 0.3 is 0 Å². The van der Waals surface area contributed by atoms with Crippen LogP contribution in [0.3, 0.4) is 0 Å². The summed E-state index contributed by atoms with van der Waals surface area (Å²) in [7, 11) is 3.10. The topological polar surface area (TPSA) is 64.9 Å². The third kappa shape index (κ3) is 3.65. The highest BCUT2D eigenvalue weighted by Gasteiger charge is 2.13. The zero-order chi connectivity index (χ0) is 20.4. The SMILES string of the molecule is COc1ccc(C(=O)Nc2cc(-c3cn4ccccc4n3)ccc2C)cc1OC. The van der Waals surface area contributed by atoms with E-state index in [2.05, 4.69) is 10.3 Å². The summed E-state index contributed by atoms with van der Waals surface area (Å²) in [6, 6.07) is 16.9. The predicted octanol–water partition coefficient (Wildman–Crippen LogP) is 4.58. The van der Waals surface area contributed by atoms with E-state index in [1.54, 1.807) is 32.4 Å². The molecule has 29 heavy (non-hydrogen) atoms. The monoisotopic (exact) mass is 387 g/mol. The Morgan fingerprint density at radius 3 is 2.59 bits per heavy atom. The van der Waals surface area contributed by atoms with Gasteiger partial charge in [0.15, 0.2) is 11.5 Å². The number of nitrogens with zero attached hydrogens (tertiary/aromatic N) is 2. The molecule has 1 amide bonds. The van der Waals surface area contributed by atoms with Crippen LogP contribution in [-0.4, -0.2) is 29.5 Å². The minimum Gasteiger partial charge on any atom is -0.493 e. The number of amides is 1. The van der Waals surface area contributed by atoms with E-state index in [1.165, 1.54) is 0 Å². The van der Waals surface area contributed by atoms with Crippen LogP contribution in [0.25, 0.3) is 16.9 Å². The van der Waals surface area contributed by atoms with E-state index >= 15 is 0 Å². The van der Waals surface area contributed by atoms with E-state index in [0.29, 0.717) is 17.1 Å². The molecule has 0 bridgehead atoms. The van der Waals surface area contributed by atoms with Gasteiger partial charge in [-0.2, -0.15) is 0 Å². The van der Waals surface area contributed by atoms with Crippen molar-refractivity contribution >= 4 is 17.2 Å². The quantitative estimate of drug-likeness (QED) is 0.544. The number of carbonyl (C=O) groups is 1.